The highest BCUT2D eigenvalue weighted by Gasteiger charge is 2.09. The van der Waals surface area contributed by atoms with Gasteiger partial charge in [0, 0.05) is 17.8 Å². The van der Waals surface area contributed by atoms with E-state index in [0.717, 1.165) is 12.0 Å². The van der Waals surface area contributed by atoms with Crippen LogP contribution < -0.4 is 11.1 Å². The number of nitrogens with two attached hydrogens (primary N) is 1. The minimum absolute atomic E-state index is 0.0639. The van der Waals surface area contributed by atoms with Gasteiger partial charge in [0.15, 0.2) is 0 Å². The Hall–Kier alpha value is -2.29. The van der Waals surface area contributed by atoms with E-state index in [2.05, 4.69) is 37.4 Å². The molecule has 0 saturated heterocycles. The lowest BCUT2D eigenvalue weighted by Crippen LogP contribution is -2.26. The molecule has 3 heteroatoms. The highest BCUT2D eigenvalue weighted by atomic mass is 16.1. The summed E-state index contributed by atoms with van der Waals surface area (Å²) in [6.07, 6.45) is 0.839. The van der Waals surface area contributed by atoms with Gasteiger partial charge in [-0.25, -0.2) is 0 Å². The van der Waals surface area contributed by atoms with Gasteiger partial charge in [-0.05, 0) is 61.6 Å². The Balaban J connectivity index is 2.00. The second-order valence-electron chi connectivity index (χ2n) is 5.45. The van der Waals surface area contributed by atoms with Gasteiger partial charge < -0.3 is 11.1 Å². The molecule has 110 valence electrons. The van der Waals surface area contributed by atoms with E-state index in [1.165, 1.54) is 16.7 Å². The molecule has 0 radical (unpaired) electrons. The monoisotopic (exact) mass is 282 g/mol. The van der Waals surface area contributed by atoms with E-state index in [9.17, 15) is 4.79 Å². The van der Waals surface area contributed by atoms with Crippen molar-refractivity contribution in [2.75, 3.05) is 12.3 Å². The average molecular weight is 282 g/mol. The molecule has 0 saturated carbocycles. The van der Waals surface area contributed by atoms with Gasteiger partial charge in [-0.3, -0.25) is 4.79 Å². The van der Waals surface area contributed by atoms with Crippen LogP contribution in [0, 0.1) is 20.8 Å². The highest BCUT2D eigenvalue weighted by Crippen LogP contribution is 2.14. The van der Waals surface area contributed by atoms with Crippen LogP contribution in [0.3, 0.4) is 0 Å². The third kappa shape index (κ3) is 3.63. The summed E-state index contributed by atoms with van der Waals surface area (Å²) in [7, 11) is 0. The molecular formula is C18H22N2O. The molecule has 3 N–H and O–H groups in total. The third-order valence-corrected chi connectivity index (χ3v) is 3.81. The number of carbonyl (C=O) groups excluding carboxylic acids is 1. The number of nitrogens with one attached hydrogen (secondary N) is 1. The van der Waals surface area contributed by atoms with Crippen LogP contribution in [0.15, 0.2) is 36.4 Å². The molecule has 0 atom stereocenters. The molecule has 2 aromatic carbocycles. The van der Waals surface area contributed by atoms with Crippen LogP contribution in [0.1, 0.15) is 32.6 Å². The SMILES string of the molecule is Cc1ccc(N)cc1C(=O)NCCc1c(C)cccc1C. The molecule has 3 nitrogen and oxygen atoms in total. The van der Waals surface area contributed by atoms with Gasteiger partial charge >= 0.3 is 0 Å². The van der Waals surface area contributed by atoms with E-state index in [1.807, 2.05) is 19.1 Å². The van der Waals surface area contributed by atoms with Crippen molar-refractivity contribution in [1.82, 2.24) is 5.32 Å². The number of aryl methyl sites for hydroxylation is 3. The summed E-state index contributed by atoms with van der Waals surface area (Å²) in [5.41, 5.74) is 11.8. The summed E-state index contributed by atoms with van der Waals surface area (Å²) in [6, 6.07) is 11.7. The van der Waals surface area contributed by atoms with Crippen molar-refractivity contribution in [3.8, 4) is 0 Å². The van der Waals surface area contributed by atoms with Crippen molar-refractivity contribution in [2.24, 2.45) is 0 Å². The number of benzene rings is 2. The Bertz CT molecular complexity index is 642. The van der Waals surface area contributed by atoms with Crippen molar-refractivity contribution < 1.29 is 4.79 Å². The number of nitrogen functional groups attached to an aromatic ring is 1. The van der Waals surface area contributed by atoms with Crippen LogP contribution in [-0.2, 0) is 6.42 Å². The van der Waals surface area contributed by atoms with Gasteiger partial charge in [-0.1, -0.05) is 24.3 Å². The van der Waals surface area contributed by atoms with Gasteiger partial charge in [0.2, 0.25) is 0 Å². The van der Waals surface area contributed by atoms with Crippen LogP contribution in [0.5, 0.6) is 0 Å². The molecule has 0 aliphatic heterocycles. The van der Waals surface area contributed by atoms with Crippen molar-refractivity contribution in [2.45, 2.75) is 27.2 Å². The maximum absolute atomic E-state index is 12.2. The largest absolute Gasteiger partial charge is 0.399 e. The fourth-order valence-corrected chi connectivity index (χ4v) is 2.52. The van der Waals surface area contributed by atoms with Crippen LogP contribution in [-0.4, -0.2) is 12.5 Å². The summed E-state index contributed by atoms with van der Waals surface area (Å²) >= 11 is 0. The van der Waals surface area contributed by atoms with E-state index >= 15 is 0 Å². The molecule has 0 spiro atoms. The minimum Gasteiger partial charge on any atom is -0.399 e. The van der Waals surface area contributed by atoms with Crippen molar-refractivity contribution in [3.63, 3.8) is 0 Å². The first-order valence-electron chi connectivity index (χ1n) is 7.18. The molecule has 0 aliphatic rings. The van der Waals surface area contributed by atoms with Crippen LogP contribution in [0.4, 0.5) is 5.69 Å². The molecule has 21 heavy (non-hydrogen) atoms. The van der Waals surface area contributed by atoms with Crippen LogP contribution >= 0.6 is 0 Å². The van der Waals surface area contributed by atoms with Crippen LogP contribution in [0.2, 0.25) is 0 Å². The lowest BCUT2D eigenvalue weighted by molar-refractivity contribution is 0.0953. The first kappa shape index (κ1) is 15.1. The van der Waals surface area contributed by atoms with Gasteiger partial charge in [0.1, 0.15) is 0 Å². The number of anilines is 1. The second kappa shape index (κ2) is 6.44. The number of hydrogen-bond donors (Lipinski definition) is 2. The van der Waals surface area contributed by atoms with Gasteiger partial charge in [-0.15, -0.1) is 0 Å². The zero-order chi connectivity index (χ0) is 15.4. The predicted molar refractivity (Wildman–Crippen MR) is 87.5 cm³/mol. The molecule has 0 unspecified atom stereocenters. The van der Waals surface area contributed by atoms with E-state index in [1.54, 1.807) is 6.07 Å². The smallest absolute Gasteiger partial charge is 0.251 e. The van der Waals surface area contributed by atoms with E-state index in [4.69, 9.17) is 5.73 Å². The van der Waals surface area contributed by atoms with E-state index in [-0.39, 0.29) is 5.91 Å². The quantitative estimate of drug-likeness (QED) is 0.846. The lowest BCUT2D eigenvalue weighted by atomic mass is 10.00. The highest BCUT2D eigenvalue weighted by molar-refractivity contribution is 5.96. The molecule has 0 aliphatic carbocycles. The molecule has 0 bridgehead atoms. The number of amides is 1. The Kier molecular flexibility index (Phi) is 4.63. The summed E-state index contributed by atoms with van der Waals surface area (Å²) in [5, 5.41) is 2.98. The number of rotatable bonds is 4. The molecule has 1 amide bonds. The summed E-state index contributed by atoms with van der Waals surface area (Å²) in [6.45, 7) is 6.75. The van der Waals surface area contributed by atoms with Gasteiger partial charge in [0.25, 0.3) is 5.91 Å². The first-order chi connectivity index (χ1) is 9.99. The van der Waals surface area contributed by atoms with E-state index in [0.29, 0.717) is 17.8 Å². The molecule has 0 fully saturated rings. The maximum atomic E-state index is 12.2. The minimum atomic E-state index is -0.0639. The topological polar surface area (TPSA) is 55.1 Å². The maximum Gasteiger partial charge on any atom is 0.251 e. The zero-order valence-electron chi connectivity index (χ0n) is 12.9. The molecule has 0 aromatic heterocycles. The average Bonchev–Trinajstić information content (AvgIpc) is 2.44. The molecule has 2 aromatic rings. The first-order valence-corrected chi connectivity index (χ1v) is 7.18. The number of hydrogen-bond acceptors (Lipinski definition) is 2. The lowest BCUT2D eigenvalue weighted by Gasteiger charge is -2.11. The Morgan fingerprint density at radius 2 is 1.71 bits per heavy atom. The molecule has 2 rings (SSSR count). The zero-order valence-corrected chi connectivity index (χ0v) is 12.9. The second-order valence-corrected chi connectivity index (χ2v) is 5.45. The fourth-order valence-electron chi connectivity index (χ4n) is 2.52. The van der Waals surface area contributed by atoms with Gasteiger partial charge in [-0.2, -0.15) is 0 Å². The predicted octanol–water partition coefficient (Wildman–Crippen LogP) is 3.17. The van der Waals surface area contributed by atoms with Gasteiger partial charge in [0.05, 0.1) is 0 Å². The van der Waals surface area contributed by atoms with Crippen molar-refractivity contribution in [1.29, 1.82) is 0 Å². The number of carbonyl (C=O) groups is 1. The molecular weight excluding hydrogens is 260 g/mol. The summed E-state index contributed by atoms with van der Waals surface area (Å²) in [4.78, 5) is 12.2. The van der Waals surface area contributed by atoms with Crippen LogP contribution in [0.25, 0.3) is 0 Å². The molecule has 0 heterocycles. The third-order valence-electron chi connectivity index (χ3n) is 3.81. The standard InChI is InChI=1S/C18H22N2O/c1-12-5-4-6-13(2)16(12)9-10-20-18(21)17-11-15(19)8-7-14(17)3/h4-8,11H,9-10,19H2,1-3H3,(H,20,21). The fraction of sp³-hybridized carbons (Fsp3) is 0.278. The Labute approximate surface area is 126 Å². The summed E-state index contributed by atoms with van der Waals surface area (Å²) in [5.74, 6) is -0.0639. The Morgan fingerprint density at radius 1 is 1.05 bits per heavy atom. The van der Waals surface area contributed by atoms with E-state index < -0.39 is 0 Å². The summed E-state index contributed by atoms with van der Waals surface area (Å²) < 4.78 is 0. The Morgan fingerprint density at radius 3 is 2.38 bits per heavy atom. The van der Waals surface area contributed by atoms with Crippen molar-refractivity contribution in [3.05, 3.63) is 64.2 Å². The van der Waals surface area contributed by atoms with Crippen molar-refractivity contribution >= 4 is 11.6 Å². The normalized spacial score (nSPS) is 10.4.